The number of alkyl halides is 3. The van der Waals surface area contributed by atoms with Gasteiger partial charge in [-0.25, -0.2) is 13.2 Å². The van der Waals surface area contributed by atoms with E-state index in [1.54, 1.807) is 7.11 Å². The third-order valence-corrected chi connectivity index (χ3v) is 15.0. The summed E-state index contributed by atoms with van der Waals surface area (Å²) >= 11 is 0. The lowest BCUT2D eigenvalue weighted by Crippen LogP contribution is -2.47. The Morgan fingerprint density at radius 3 is 0.878 bits per heavy atom. The zero-order valence-electron chi connectivity index (χ0n) is 47.0. The number of aliphatic hydroxyl groups excluding tert-OH is 1. The topological polar surface area (TPSA) is 55.4 Å². The number of hydrogen-bond acceptors (Lipinski definition) is 10. The molecule has 13 heteroatoms. The van der Waals surface area contributed by atoms with E-state index >= 15 is 0 Å². The summed E-state index contributed by atoms with van der Waals surface area (Å²) in [7, 11) is 1.77. The number of aliphatic hydroxyl groups is 1. The number of anilines is 4. The highest BCUT2D eigenvalue weighted by Gasteiger charge is 2.22. The third-order valence-electron chi connectivity index (χ3n) is 15.0. The Morgan fingerprint density at radius 1 is 0.392 bits per heavy atom. The first-order valence-corrected chi connectivity index (χ1v) is 27.9. The zero-order chi connectivity index (χ0) is 53.4. The molecule has 0 unspecified atom stereocenters. The summed E-state index contributed by atoms with van der Waals surface area (Å²) in [5.41, 5.74) is 10.7. The molecule has 0 aromatic heterocycles. The third kappa shape index (κ3) is 20.3. The van der Waals surface area contributed by atoms with Crippen LogP contribution in [0.1, 0.15) is 101 Å². The monoisotopic (exact) mass is 1030 g/mol. The normalized spacial score (nSPS) is 17.4. The molecule has 4 aliphatic heterocycles. The van der Waals surface area contributed by atoms with Gasteiger partial charge in [-0.3, -0.25) is 19.6 Å². The van der Waals surface area contributed by atoms with Crippen LogP contribution < -0.4 is 19.6 Å². The Hall–Kier alpha value is -4.37. The van der Waals surface area contributed by atoms with E-state index in [1.165, 1.54) is 45.0 Å². The van der Waals surface area contributed by atoms with Crippen LogP contribution in [0.15, 0.2) is 97.1 Å². The van der Waals surface area contributed by atoms with Gasteiger partial charge in [0.15, 0.2) is 0 Å². The predicted molar refractivity (Wildman–Crippen MR) is 308 cm³/mol. The van der Waals surface area contributed by atoms with E-state index in [2.05, 4.69) is 187 Å². The fourth-order valence-corrected chi connectivity index (χ4v) is 9.83. The molecule has 0 atom stereocenters. The van der Waals surface area contributed by atoms with E-state index in [0.29, 0.717) is 30.2 Å². The first-order valence-electron chi connectivity index (χ1n) is 27.9. The van der Waals surface area contributed by atoms with Gasteiger partial charge in [-0.05, 0) is 94.5 Å². The van der Waals surface area contributed by atoms with E-state index in [0.717, 1.165) is 124 Å². The minimum Gasteiger partial charge on any atom is -0.395 e. The van der Waals surface area contributed by atoms with E-state index in [1.807, 2.05) is 4.90 Å². The molecule has 4 fully saturated rings. The second-order valence-corrected chi connectivity index (χ2v) is 21.6. The fraction of sp³-hybridized carbons (Fsp3) is 0.607. The molecule has 74 heavy (non-hydrogen) atoms. The number of ether oxygens (including phenoxy) is 1. The number of β-amino-alcohol motifs (C(OH)–C–C–N with tert-alkyl or cyclic N) is 1. The van der Waals surface area contributed by atoms with E-state index in [-0.39, 0.29) is 19.8 Å². The summed E-state index contributed by atoms with van der Waals surface area (Å²) in [4.78, 5) is 18.4. The van der Waals surface area contributed by atoms with Crippen LogP contribution in [0.2, 0.25) is 0 Å². The molecule has 412 valence electrons. The molecule has 0 radical (unpaired) electrons. The number of methoxy groups -OCH3 is 1. The van der Waals surface area contributed by atoms with Gasteiger partial charge in [0.05, 0.1) is 19.8 Å². The summed E-state index contributed by atoms with van der Waals surface area (Å²) in [6.07, 6.45) is -2.23. The van der Waals surface area contributed by atoms with Crippen molar-refractivity contribution in [1.82, 2.24) is 19.6 Å². The van der Waals surface area contributed by atoms with Gasteiger partial charge in [-0.2, -0.15) is 0 Å². The Bertz CT molecular complexity index is 1990. The van der Waals surface area contributed by atoms with Crippen molar-refractivity contribution in [3.05, 3.63) is 119 Å². The number of halogens is 3. The smallest absolute Gasteiger partial charge is 0.251 e. The maximum absolute atomic E-state index is 12.3. The van der Waals surface area contributed by atoms with Gasteiger partial charge in [-0.15, -0.1) is 0 Å². The lowest BCUT2D eigenvalue weighted by atomic mass is 10.0. The van der Waals surface area contributed by atoms with Gasteiger partial charge in [-0.1, -0.05) is 104 Å². The van der Waals surface area contributed by atoms with Gasteiger partial charge in [0, 0.05) is 154 Å². The fourth-order valence-electron chi connectivity index (χ4n) is 9.83. The van der Waals surface area contributed by atoms with E-state index in [4.69, 9.17) is 9.84 Å². The molecule has 4 saturated heterocycles. The first-order chi connectivity index (χ1) is 35.7. The molecular weight excluding hydrogens is 934 g/mol. The highest BCUT2D eigenvalue weighted by molar-refractivity contribution is 5.51. The molecule has 0 amide bonds. The summed E-state index contributed by atoms with van der Waals surface area (Å²) in [5.74, 6) is 2.33. The van der Waals surface area contributed by atoms with E-state index < -0.39 is 6.43 Å². The lowest BCUT2D eigenvalue weighted by Gasteiger charge is -2.36. The largest absolute Gasteiger partial charge is 0.395 e. The van der Waals surface area contributed by atoms with Crippen LogP contribution in [0.3, 0.4) is 0 Å². The Morgan fingerprint density at radius 2 is 0.649 bits per heavy atom. The maximum atomic E-state index is 12.3. The van der Waals surface area contributed by atoms with Crippen molar-refractivity contribution in [2.45, 2.75) is 85.5 Å². The summed E-state index contributed by atoms with van der Waals surface area (Å²) in [6.45, 7) is 36.7. The number of nitrogens with zero attached hydrogens (tertiary/aromatic N) is 8. The second-order valence-electron chi connectivity index (χ2n) is 21.6. The van der Waals surface area contributed by atoms with Crippen LogP contribution in [-0.4, -0.2) is 189 Å². The molecule has 10 nitrogen and oxygen atoms in total. The van der Waals surface area contributed by atoms with Crippen molar-refractivity contribution in [3.63, 3.8) is 0 Å². The van der Waals surface area contributed by atoms with Gasteiger partial charge < -0.3 is 29.4 Å². The molecule has 4 aromatic rings. The van der Waals surface area contributed by atoms with Crippen molar-refractivity contribution in [1.29, 1.82) is 0 Å². The quantitative estimate of drug-likeness (QED) is 0.111. The van der Waals surface area contributed by atoms with Gasteiger partial charge in [0.1, 0.15) is 6.67 Å². The summed E-state index contributed by atoms with van der Waals surface area (Å²) in [6, 6.07) is 35.4. The zero-order valence-corrected chi connectivity index (χ0v) is 47.0. The lowest BCUT2D eigenvalue weighted by molar-refractivity contribution is 0.0854. The molecule has 4 aliphatic rings. The van der Waals surface area contributed by atoms with Crippen LogP contribution in [0.25, 0.3) is 0 Å². The van der Waals surface area contributed by atoms with Crippen molar-refractivity contribution in [2.75, 3.05) is 177 Å². The minimum atomic E-state index is -2.23. The number of hydrogen-bond donors (Lipinski definition) is 1. The SMILES string of the molecule is CC(C)c1ccc(N2CCN(CC(F)F)CC2)cc1.CC(C)c1ccc(N2CCN(CCF)CC2)cc1.CC(C)c1ccc(N2CCN(CCO)CC2)cc1.COCCN1CCN(c2ccc(C(C)C)cc2)CC1. The molecule has 0 bridgehead atoms. The Labute approximate surface area is 446 Å². The first kappa shape index (κ1) is 60.5. The van der Waals surface area contributed by atoms with Gasteiger partial charge >= 0.3 is 0 Å². The number of piperazine rings is 4. The molecule has 8 rings (SSSR count). The highest BCUT2D eigenvalue weighted by Crippen LogP contribution is 2.25. The average molecular weight is 1030 g/mol. The van der Waals surface area contributed by atoms with Gasteiger partial charge in [0.25, 0.3) is 6.43 Å². The van der Waals surface area contributed by atoms with Crippen molar-refractivity contribution in [3.8, 4) is 0 Å². The minimum absolute atomic E-state index is 0.0971. The summed E-state index contributed by atoms with van der Waals surface area (Å²) < 4.78 is 42.0. The van der Waals surface area contributed by atoms with Crippen LogP contribution in [0.4, 0.5) is 35.9 Å². The highest BCUT2D eigenvalue weighted by atomic mass is 19.3. The number of rotatable bonds is 17. The van der Waals surface area contributed by atoms with Crippen LogP contribution in [-0.2, 0) is 4.74 Å². The van der Waals surface area contributed by atoms with Crippen LogP contribution in [0, 0.1) is 0 Å². The molecule has 0 saturated carbocycles. The summed E-state index contributed by atoms with van der Waals surface area (Å²) in [5, 5.41) is 8.93. The standard InChI is InChI=1S/C16H26N2O.C15H22F2N2.C15H23FN2.C15H24N2O/c1-14(2)15-4-6-16(7-5-15)18-10-8-17(9-11-18)12-13-19-3;1-12(2)13-3-5-14(6-4-13)19-9-7-18(8-10-19)11-15(16)17;1-13(2)14-3-5-15(6-4-14)18-11-9-17(8-7-16)10-12-18;1-13(2)14-3-5-15(6-4-14)17-9-7-16(8-10-17)11-12-18/h4-7,14H,8-13H2,1-3H3;3-6,12,15H,7-11H2,1-2H3;3-6,13H,7-12H2,1-2H3;3-6,13,18H,7-12H2,1-2H3. The molecule has 1 N–H and O–H groups in total. The Balaban J connectivity index is 0.000000183. The molecule has 0 spiro atoms. The van der Waals surface area contributed by atoms with Crippen molar-refractivity contribution in [2.24, 2.45) is 0 Å². The second kappa shape index (κ2) is 32.3. The Kier molecular flexibility index (Phi) is 26.4. The van der Waals surface area contributed by atoms with E-state index in [9.17, 15) is 13.2 Å². The number of benzene rings is 4. The van der Waals surface area contributed by atoms with Crippen LogP contribution in [0.5, 0.6) is 0 Å². The molecule has 4 heterocycles. The molecule has 4 aromatic carbocycles. The van der Waals surface area contributed by atoms with Gasteiger partial charge in [0.2, 0.25) is 0 Å². The average Bonchev–Trinajstić information content (AvgIpc) is 3.42. The molecular formula is C61H95F3N8O2. The maximum Gasteiger partial charge on any atom is 0.251 e. The van der Waals surface area contributed by atoms with Crippen molar-refractivity contribution < 1.29 is 23.0 Å². The predicted octanol–water partition coefficient (Wildman–Crippen LogP) is 10.6. The van der Waals surface area contributed by atoms with Crippen molar-refractivity contribution >= 4 is 22.7 Å². The molecule has 0 aliphatic carbocycles. The van der Waals surface area contributed by atoms with Crippen LogP contribution >= 0.6 is 0 Å².